The number of carboxylic acids is 1. The Morgan fingerprint density at radius 2 is 2.13 bits per heavy atom. The van der Waals surface area contributed by atoms with Gasteiger partial charge in [-0.2, -0.15) is 0 Å². The SMILES string of the molecule is C=C(COCc1ccccc1F)C(=O)O. The smallest absolute Gasteiger partial charge is 0.333 e. The van der Waals surface area contributed by atoms with Gasteiger partial charge in [-0.25, -0.2) is 9.18 Å². The summed E-state index contributed by atoms with van der Waals surface area (Å²) in [5.74, 6) is -1.47. The van der Waals surface area contributed by atoms with E-state index in [1.54, 1.807) is 18.2 Å². The van der Waals surface area contributed by atoms with Crippen LogP contribution in [-0.2, 0) is 16.1 Å². The highest BCUT2D eigenvalue weighted by Gasteiger charge is 2.05. The molecule has 0 amide bonds. The number of aliphatic carboxylic acids is 1. The number of carbonyl (C=O) groups is 1. The first-order chi connectivity index (χ1) is 7.11. The zero-order valence-electron chi connectivity index (χ0n) is 8.07. The molecule has 0 aliphatic carbocycles. The van der Waals surface area contributed by atoms with Crippen LogP contribution < -0.4 is 0 Å². The number of hydrogen-bond donors (Lipinski definition) is 1. The Balaban J connectivity index is 2.42. The van der Waals surface area contributed by atoms with Crippen molar-refractivity contribution < 1.29 is 19.0 Å². The van der Waals surface area contributed by atoms with Gasteiger partial charge >= 0.3 is 5.97 Å². The van der Waals surface area contributed by atoms with E-state index >= 15 is 0 Å². The molecule has 0 aliphatic rings. The normalized spacial score (nSPS) is 9.93. The minimum atomic E-state index is -1.11. The molecular formula is C11H11FO3. The molecule has 0 radical (unpaired) electrons. The van der Waals surface area contributed by atoms with Gasteiger partial charge in [0.1, 0.15) is 5.82 Å². The first-order valence-electron chi connectivity index (χ1n) is 4.33. The van der Waals surface area contributed by atoms with Crippen molar-refractivity contribution in [2.45, 2.75) is 6.61 Å². The van der Waals surface area contributed by atoms with Crippen molar-refractivity contribution in [2.75, 3.05) is 6.61 Å². The number of benzene rings is 1. The number of ether oxygens (including phenoxy) is 1. The van der Waals surface area contributed by atoms with Crippen LogP contribution in [0.3, 0.4) is 0 Å². The van der Waals surface area contributed by atoms with Crippen LogP contribution in [0.4, 0.5) is 4.39 Å². The number of carboxylic acid groups (broad SMARTS) is 1. The fraction of sp³-hybridized carbons (Fsp3) is 0.182. The van der Waals surface area contributed by atoms with E-state index < -0.39 is 5.97 Å². The summed E-state index contributed by atoms with van der Waals surface area (Å²) in [6, 6.07) is 6.17. The Bertz CT molecular complexity index is 374. The van der Waals surface area contributed by atoms with Crippen LogP contribution in [0.2, 0.25) is 0 Å². The van der Waals surface area contributed by atoms with E-state index in [0.29, 0.717) is 5.56 Å². The van der Waals surface area contributed by atoms with Crippen LogP contribution in [0, 0.1) is 5.82 Å². The van der Waals surface area contributed by atoms with Crippen LogP contribution in [-0.4, -0.2) is 17.7 Å². The average molecular weight is 210 g/mol. The highest BCUT2D eigenvalue weighted by molar-refractivity contribution is 5.85. The van der Waals surface area contributed by atoms with E-state index in [9.17, 15) is 9.18 Å². The second kappa shape index (κ2) is 5.26. The van der Waals surface area contributed by atoms with Crippen molar-refractivity contribution in [1.82, 2.24) is 0 Å². The molecule has 1 aromatic carbocycles. The molecular weight excluding hydrogens is 199 g/mol. The molecule has 0 saturated carbocycles. The Morgan fingerprint density at radius 1 is 1.47 bits per heavy atom. The standard InChI is InChI=1S/C11H11FO3/c1-8(11(13)14)6-15-7-9-4-2-3-5-10(9)12/h2-5H,1,6-7H2,(H,13,14). The molecule has 4 heteroatoms. The van der Waals surface area contributed by atoms with E-state index in [4.69, 9.17) is 9.84 Å². The summed E-state index contributed by atoms with van der Waals surface area (Å²) in [4.78, 5) is 10.4. The lowest BCUT2D eigenvalue weighted by Gasteiger charge is -2.04. The second-order valence-corrected chi connectivity index (χ2v) is 2.99. The van der Waals surface area contributed by atoms with Gasteiger partial charge in [-0.1, -0.05) is 24.8 Å². The molecule has 3 nitrogen and oxygen atoms in total. The third-order valence-electron chi connectivity index (χ3n) is 1.79. The van der Waals surface area contributed by atoms with E-state index in [-0.39, 0.29) is 24.6 Å². The molecule has 0 bridgehead atoms. The molecule has 0 saturated heterocycles. The van der Waals surface area contributed by atoms with Crippen molar-refractivity contribution in [3.05, 3.63) is 47.8 Å². The van der Waals surface area contributed by atoms with Crippen molar-refractivity contribution in [3.8, 4) is 0 Å². The molecule has 0 fully saturated rings. The van der Waals surface area contributed by atoms with Gasteiger partial charge in [0.05, 0.1) is 18.8 Å². The van der Waals surface area contributed by atoms with Gasteiger partial charge in [-0.05, 0) is 6.07 Å². The predicted molar refractivity (Wildman–Crippen MR) is 52.8 cm³/mol. The summed E-state index contributed by atoms with van der Waals surface area (Å²) in [6.45, 7) is 3.22. The lowest BCUT2D eigenvalue weighted by molar-refractivity contribution is -0.133. The molecule has 1 rings (SSSR count). The molecule has 0 atom stereocenters. The molecule has 80 valence electrons. The molecule has 1 N–H and O–H groups in total. The maximum Gasteiger partial charge on any atom is 0.333 e. The molecule has 0 unspecified atom stereocenters. The van der Waals surface area contributed by atoms with Crippen molar-refractivity contribution in [1.29, 1.82) is 0 Å². The van der Waals surface area contributed by atoms with Gasteiger partial charge in [-0.15, -0.1) is 0 Å². The fourth-order valence-corrected chi connectivity index (χ4v) is 0.961. The largest absolute Gasteiger partial charge is 0.478 e. The highest BCUT2D eigenvalue weighted by atomic mass is 19.1. The van der Waals surface area contributed by atoms with E-state index in [2.05, 4.69) is 6.58 Å². The minimum Gasteiger partial charge on any atom is -0.478 e. The molecule has 0 aromatic heterocycles. The quantitative estimate of drug-likeness (QED) is 0.756. The second-order valence-electron chi connectivity index (χ2n) is 2.99. The van der Waals surface area contributed by atoms with Crippen molar-refractivity contribution in [2.24, 2.45) is 0 Å². The van der Waals surface area contributed by atoms with Gasteiger partial charge < -0.3 is 9.84 Å². The zero-order valence-corrected chi connectivity index (χ0v) is 8.07. The van der Waals surface area contributed by atoms with Gasteiger partial charge in [0.2, 0.25) is 0 Å². The van der Waals surface area contributed by atoms with Crippen molar-refractivity contribution in [3.63, 3.8) is 0 Å². The third-order valence-corrected chi connectivity index (χ3v) is 1.79. The molecule has 0 spiro atoms. The Morgan fingerprint density at radius 3 is 2.73 bits per heavy atom. The molecule has 0 aliphatic heterocycles. The van der Waals surface area contributed by atoms with Gasteiger partial charge in [-0.3, -0.25) is 0 Å². The Kier molecular flexibility index (Phi) is 4.00. The molecule has 1 aromatic rings. The number of rotatable bonds is 5. The van der Waals surface area contributed by atoms with Crippen LogP contribution in [0.5, 0.6) is 0 Å². The lowest BCUT2D eigenvalue weighted by Crippen LogP contribution is -2.07. The van der Waals surface area contributed by atoms with Crippen molar-refractivity contribution >= 4 is 5.97 Å². The summed E-state index contributed by atoms with van der Waals surface area (Å²) < 4.78 is 18.1. The average Bonchev–Trinajstić information content (AvgIpc) is 2.20. The number of hydrogen-bond acceptors (Lipinski definition) is 2. The van der Waals surface area contributed by atoms with Crippen LogP contribution in [0.1, 0.15) is 5.56 Å². The fourth-order valence-electron chi connectivity index (χ4n) is 0.961. The monoisotopic (exact) mass is 210 g/mol. The predicted octanol–water partition coefficient (Wildman–Crippen LogP) is 1.98. The van der Waals surface area contributed by atoms with Gasteiger partial charge in [0, 0.05) is 5.56 Å². The number of halogens is 1. The van der Waals surface area contributed by atoms with Crippen LogP contribution in [0.25, 0.3) is 0 Å². The molecule has 15 heavy (non-hydrogen) atoms. The first kappa shape index (κ1) is 11.4. The minimum absolute atomic E-state index is 0.0406. The summed E-state index contributed by atoms with van der Waals surface area (Å²) in [5, 5.41) is 8.48. The van der Waals surface area contributed by atoms with Gasteiger partial charge in [0.25, 0.3) is 0 Å². The van der Waals surface area contributed by atoms with E-state index in [1.165, 1.54) is 6.07 Å². The maximum absolute atomic E-state index is 13.1. The van der Waals surface area contributed by atoms with Crippen LogP contribution in [0.15, 0.2) is 36.4 Å². The van der Waals surface area contributed by atoms with E-state index in [1.807, 2.05) is 0 Å². The Labute approximate surface area is 86.8 Å². The van der Waals surface area contributed by atoms with E-state index in [0.717, 1.165) is 0 Å². The molecule has 0 heterocycles. The summed E-state index contributed by atoms with van der Waals surface area (Å²) in [7, 11) is 0. The summed E-state index contributed by atoms with van der Waals surface area (Å²) >= 11 is 0. The first-order valence-corrected chi connectivity index (χ1v) is 4.33. The summed E-state index contributed by atoms with van der Waals surface area (Å²) in [6.07, 6.45) is 0. The van der Waals surface area contributed by atoms with Crippen LogP contribution >= 0.6 is 0 Å². The lowest BCUT2D eigenvalue weighted by atomic mass is 10.2. The maximum atomic E-state index is 13.1. The summed E-state index contributed by atoms with van der Waals surface area (Å²) in [5.41, 5.74) is 0.349. The third kappa shape index (κ3) is 3.52. The zero-order chi connectivity index (χ0) is 11.3. The topological polar surface area (TPSA) is 46.5 Å². The highest BCUT2D eigenvalue weighted by Crippen LogP contribution is 2.08. The van der Waals surface area contributed by atoms with Gasteiger partial charge in [0.15, 0.2) is 0 Å². The Hall–Kier alpha value is -1.68.